The van der Waals surface area contributed by atoms with Crippen LogP contribution in [0.2, 0.25) is 0 Å². The molecule has 8 nitrogen and oxygen atoms in total. The maximum atomic E-state index is 11.4. The second kappa shape index (κ2) is 7.85. The molecule has 0 spiro atoms. The highest BCUT2D eigenvalue weighted by atomic mass is 32.2. The predicted octanol–water partition coefficient (Wildman–Crippen LogP) is 1.38. The number of aromatic nitrogens is 1. The third-order valence-corrected chi connectivity index (χ3v) is 3.74. The zero-order chi connectivity index (χ0) is 15.9. The van der Waals surface area contributed by atoms with Gasteiger partial charge in [-0.05, 0) is 19.1 Å². The molecule has 0 unspecified atom stereocenters. The third kappa shape index (κ3) is 4.50. The van der Waals surface area contributed by atoms with Crippen LogP contribution in [0.5, 0.6) is 0 Å². The van der Waals surface area contributed by atoms with Crippen LogP contribution < -0.4 is 14.9 Å². The highest BCUT2D eigenvalue weighted by molar-refractivity contribution is 7.97. The summed E-state index contributed by atoms with van der Waals surface area (Å²) in [4.78, 5) is 28.8. The lowest BCUT2D eigenvalue weighted by molar-refractivity contribution is 0.0787. The Kier molecular flexibility index (Phi) is 5.84. The Labute approximate surface area is 132 Å². The number of hydrogen-bond donors (Lipinski definition) is 2. The Balaban J connectivity index is 1.75. The lowest BCUT2D eigenvalue weighted by Gasteiger charge is -2.39. The monoisotopic (exact) mass is 326 g/mol. The minimum absolute atomic E-state index is 0.204. The molecule has 0 bridgehead atoms. The van der Waals surface area contributed by atoms with Crippen LogP contribution in [0.25, 0.3) is 0 Å². The predicted molar refractivity (Wildman–Crippen MR) is 81.8 cm³/mol. The van der Waals surface area contributed by atoms with Crippen LogP contribution in [0, 0.1) is 0 Å². The van der Waals surface area contributed by atoms with Crippen molar-refractivity contribution in [2.24, 2.45) is 0 Å². The van der Waals surface area contributed by atoms with Gasteiger partial charge in [0.2, 0.25) is 0 Å². The lowest BCUT2D eigenvalue weighted by Crippen LogP contribution is -2.51. The normalized spacial score (nSPS) is 14.2. The number of rotatable bonds is 5. The van der Waals surface area contributed by atoms with Crippen molar-refractivity contribution in [3.05, 3.63) is 18.3 Å². The molecule has 0 aromatic carbocycles. The molecule has 1 aromatic heterocycles. The Bertz CT molecular complexity index is 519. The molecular weight excluding hydrogens is 308 g/mol. The molecule has 1 aliphatic rings. The van der Waals surface area contributed by atoms with E-state index in [-0.39, 0.29) is 12.7 Å². The Morgan fingerprint density at radius 1 is 1.45 bits per heavy atom. The Morgan fingerprint density at radius 3 is 2.82 bits per heavy atom. The number of carbonyl (C=O) groups is 2. The van der Waals surface area contributed by atoms with Crippen LogP contribution in [0.15, 0.2) is 23.4 Å². The van der Waals surface area contributed by atoms with Crippen molar-refractivity contribution in [2.45, 2.75) is 18.1 Å². The fourth-order valence-corrected chi connectivity index (χ4v) is 2.29. The maximum Gasteiger partial charge on any atom is 0.415 e. The second-order valence-electron chi connectivity index (χ2n) is 4.50. The van der Waals surface area contributed by atoms with Crippen molar-refractivity contribution >= 4 is 29.8 Å². The number of nitrogens with zero attached hydrogens (tertiary/aromatic N) is 2. The van der Waals surface area contributed by atoms with Crippen LogP contribution in [0.1, 0.15) is 6.92 Å². The minimum atomic E-state index is -0.783. The molecule has 1 aromatic rings. The van der Waals surface area contributed by atoms with Gasteiger partial charge in [0.05, 0.1) is 24.6 Å². The van der Waals surface area contributed by atoms with Crippen LogP contribution >= 0.6 is 11.9 Å². The van der Waals surface area contributed by atoms with Crippen LogP contribution in [-0.4, -0.2) is 50.0 Å². The van der Waals surface area contributed by atoms with Gasteiger partial charge in [-0.3, -0.25) is 4.72 Å². The molecule has 2 N–H and O–H groups in total. The first-order chi connectivity index (χ1) is 10.6. The van der Waals surface area contributed by atoms with Gasteiger partial charge in [-0.15, -0.1) is 0 Å². The van der Waals surface area contributed by atoms with Crippen molar-refractivity contribution in [1.29, 1.82) is 0 Å². The number of urea groups is 1. The number of amides is 3. The number of anilines is 1. The molecule has 0 atom stereocenters. The largest absolute Gasteiger partial charge is 0.450 e. The first-order valence-electron chi connectivity index (χ1n) is 6.76. The van der Waals surface area contributed by atoms with E-state index in [1.807, 2.05) is 11.4 Å². The highest BCUT2D eigenvalue weighted by Crippen LogP contribution is 2.23. The molecule has 0 aliphatic carbocycles. The molecular formula is C13H18N4O4S. The first kappa shape index (κ1) is 16.4. The lowest BCUT2D eigenvalue weighted by atomic mass is 10.1. The zero-order valence-corrected chi connectivity index (χ0v) is 13.2. The number of pyridine rings is 1. The summed E-state index contributed by atoms with van der Waals surface area (Å²) in [6.07, 6.45) is 1.23. The number of ether oxygens (including phenoxy) is 2. The number of carbonyl (C=O) groups excluding carboxylic acids is 2. The highest BCUT2D eigenvalue weighted by Gasteiger charge is 2.26. The van der Waals surface area contributed by atoms with E-state index in [2.05, 4.69) is 19.3 Å². The van der Waals surface area contributed by atoms with E-state index in [0.717, 1.165) is 30.7 Å². The maximum absolute atomic E-state index is 11.4. The van der Waals surface area contributed by atoms with Crippen molar-refractivity contribution in [3.63, 3.8) is 0 Å². The smallest absolute Gasteiger partial charge is 0.415 e. The molecule has 22 heavy (non-hydrogen) atoms. The van der Waals surface area contributed by atoms with E-state index in [9.17, 15) is 9.59 Å². The van der Waals surface area contributed by atoms with E-state index in [0.29, 0.717) is 5.03 Å². The molecule has 2 rings (SSSR count). The quantitative estimate of drug-likeness (QED) is 0.790. The fraction of sp³-hybridized carbons (Fsp3) is 0.462. The second-order valence-corrected chi connectivity index (χ2v) is 5.32. The first-order valence-corrected chi connectivity index (χ1v) is 7.58. The standard InChI is InChI=1S/C13H18N4O4S/c1-3-21-13(19)15-12(18)16-22-11-5-4-9(6-14-11)17-7-10(8-17)20-2/h4-6,10H,3,7-8H2,1-2H3,(H2,15,16,18,19). The summed E-state index contributed by atoms with van der Waals surface area (Å²) >= 11 is 1.02. The van der Waals surface area contributed by atoms with Crippen molar-refractivity contribution in [1.82, 2.24) is 15.0 Å². The number of methoxy groups -OCH3 is 1. The summed E-state index contributed by atoms with van der Waals surface area (Å²) in [5.74, 6) is 0. The fourth-order valence-electron chi connectivity index (χ4n) is 1.80. The third-order valence-electron chi connectivity index (χ3n) is 3.01. The summed E-state index contributed by atoms with van der Waals surface area (Å²) in [5, 5.41) is 2.65. The van der Waals surface area contributed by atoms with Gasteiger partial charge in [-0.2, -0.15) is 0 Å². The zero-order valence-electron chi connectivity index (χ0n) is 12.4. The molecule has 1 fully saturated rings. The average Bonchev–Trinajstić information content (AvgIpc) is 2.45. The van der Waals surface area contributed by atoms with Gasteiger partial charge in [0.1, 0.15) is 5.03 Å². The molecule has 120 valence electrons. The number of imide groups is 1. The van der Waals surface area contributed by atoms with E-state index >= 15 is 0 Å². The topological polar surface area (TPSA) is 92.8 Å². The van der Waals surface area contributed by atoms with Crippen LogP contribution in [0.4, 0.5) is 15.3 Å². The van der Waals surface area contributed by atoms with Gasteiger partial charge in [-0.25, -0.2) is 19.9 Å². The van der Waals surface area contributed by atoms with E-state index in [4.69, 9.17) is 4.74 Å². The van der Waals surface area contributed by atoms with Gasteiger partial charge >= 0.3 is 12.1 Å². The summed E-state index contributed by atoms with van der Waals surface area (Å²) in [7, 11) is 1.70. The molecule has 3 amide bonds. The molecule has 2 heterocycles. The van der Waals surface area contributed by atoms with Crippen LogP contribution in [0.3, 0.4) is 0 Å². The van der Waals surface area contributed by atoms with Crippen molar-refractivity contribution < 1.29 is 19.1 Å². The van der Waals surface area contributed by atoms with E-state index < -0.39 is 12.1 Å². The van der Waals surface area contributed by atoms with Gasteiger partial charge in [0.15, 0.2) is 0 Å². The Morgan fingerprint density at radius 2 is 2.23 bits per heavy atom. The Hall–Kier alpha value is -2.00. The SMILES string of the molecule is CCOC(=O)NC(=O)NSc1ccc(N2CC(OC)C2)cn1. The molecule has 9 heteroatoms. The van der Waals surface area contributed by atoms with Gasteiger partial charge in [0.25, 0.3) is 0 Å². The van der Waals surface area contributed by atoms with E-state index in [1.165, 1.54) is 0 Å². The summed E-state index contributed by atoms with van der Waals surface area (Å²) in [6.45, 7) is 3.57. The molecule has 1 aliphatic heterocycles. The summed E-state index contributed by atoms with van der Waals surface area (Å²) < 4.78 is 12.3. The van der Waals surface area contributed by atoms with Crippen molar-refractivity contribution in [3.8, 4) is 0 Å². The number of nitrogens with one attached hydrogen (secondary N) is 2. The number of alkyl carbamates (subject to hydrolysis) is 1. The molecule has 0 saturated carbocycles. The van der Waals surface area contributed by atoms with Gasteiger partial charge < -0.3 is 14.4 Å². The van der Waals surface area contributed by atoms with Crippen molar-refractivity contribution in [2.75, 3.05) is 31.7 Å². The van der Waals surface area contributed by atoms with Gasteiger partial charge in [0, 0.05) is 32.1 Å². The van der Waals surface area contributed by atoms with Crippen LogP contribution in [-0.2, 0) is 9.47 Å². The molecule has 0 radical (unpaired) electrons. The summed E-state index contributed by atoms with van der Waals surface area (Å²) in [5.41, 5.74) is 1.01. The molecule has 1 saturated heterocycles. The number of hydrogen-bond acceptors (Lipinski definition) is 7. The van der Waals surface area contributed by atoms with E-state index in [1.54, 1.807) is 26.3 Å². The minimum Gasteiger partial charge on any atom is -0.450 e. The van der Waals surface area contributed by atoms with Gasteiger partial charge in [-0.1, -0.05) is 0 Å². The average molecular weight is 326 g/mol. The summed E-state index contributed by atoms with van der Waals surface area (Å²) in [6, 6.07) is 3.07.